The third-order valence-electron chi connectivity index (χ3n) is 3.75. The van der Waals surface area contributed by atoms with Gasteiger partial charge in [-0.25, -0.2) is 4.98 Å². The van der Waals surface area contributed by atoms with E-state index in [-0.39, 0.29) is 11.6 Å². The quantitative estimate of drug-likeness (QED) is 0.922. The first-order valence-electron chi connectivity index (χ1n) is 7.47. The maximum absolute atomic E-state index is 13.1. The summed E-state index contributed by atoms with van der Waals surface area (Å²) in [5.41, 5.74) is -0.0558. The van der Waals surface area contributed by atoms with Crippen LogP contribution in [-0.4, -0.2) is 23.1 Å². The largest absolute Gasteiger partial charge is 0.418 e. The van der Waals surface area contributed by atoms with E-state index in [1.54, 1.807) is 6.07 Å². The number of nitrogens with one attached hydrogen (secondary N) is 1. The van der Waals surface area contributed by atoms with E-state index in [1.807, 2.05) is 13.0 Å². The van der Waals surface area contributed by atoms with Crippen molar-refractivity contribution in [1.82, 2.24) is 9.97 Å². The second-order valence-electron chi connectivity index (χ2n) is 5.55. The molecule has 1 aliphatic heterocycles. The van der Waals surface area contributed by atoms with Gasteiger partial charge in [0.05, 0.1) is 11.3 Å². The molecule has 2 heterocycles. The van der Waals surface area contributed by atoms with Crippen LogP contribution in [0.1, 0.15) is 24.1 Å². The molecule has 0 radical (unpaired) electrons. The molecule has 23 heavy (non-hydrogen) atoms. The van der Waals surface area contributed by atoms with E-state index in [4.69, 9.17) is 0 Å². The molecule has 0 atom stereocenters. The number of aryl methyl sites for hydroxylation is 1. The number of hydrogen-bond acceptors (Lipinski definition) is 4. The third kappa shape index (κ3) is 3.55. The summed E-state index contributed by atoms with van der Waals surface area (Å²) in [4.78, 5) is 10.7. The zero-order valence-electron chi connectivity index (χ0n) is 12.7. The fraction of sp³-hybridized carbons (Fsp3) is 0.375. The Morgan fingerprint density at radius 1 is 1.09 bits per heavy atom. The summed E-state index contributed by atoms with van der Waals surface area (Å²) in [6, 6.07) is 7.19. The standard InChI is InChI=1S/C16H17F3N4/c1-11-10-14(23-8-4-5-9-23)22-15(20-11)21-13-7-3-2-6-12(13)16(17,18)19/h2-3,6-7,10H,4-5,8-9H2,1H3,(H,20,21,22). The van der Waals surface area contributed by atoms with E-state index in [1.165, 1.54) is 12.1 Å². The first-order valence-corrected chi connectivity index (χ1v) is 7.47. The van der Waals surface area contributed by atoms with Gasteiger partial charge < -0.3 is 10.2 Å². The average molecular weight is 322 g/mol. The summed E-state index contributed by atoms with van der Waals surface area (Å²) in [6.45, 7) is 3.63. The second-order valence-corrected chi connectivity index (χ2v) is 5.55. The van der Waals surface area contributed by atoms with Crippen LogP contribution in [0.25, 0.3) is 0 Å². The minimum absolute atomic E-state index is 0.0435. The minimum Gasteiger partial charge on any atom is -0.356 e. The van der Waals surface area contributed by atoms with Crippen LogP contribution in [0.4, 0.5) is 30.6 Å². The van der Waals surface area contributed by atoms with Gasteiger partial charge in [-0.05, 0) is 31.9 Å². The molecule has 0 saturated carbocycles. The average Bonchev–Trinajstić information content (AvgIpc) is 3.00. The van der Waals surface area contributed by atoms with Crippen LogP contribution < -0.4 is 10.2 Å². The first kappa shape index (κ1) is 15.6. The lowest BCUT2D eigenvalue weighted by atomic mass is 10.1. The zero-order valence-corrected chi connectivity index (χ0v) is 12.7. The van der Waals surface area contributed by atoms with Gasteiger partial charge in [0.1, 0.15) is 5.82 Å². The lowest BCUT2D eigenvalue weighted by Gasteiger charge is -2.18. The normalized spacial score (nSPS) is 15.0. The number of alkyl halides is 3. The Kier molecular flexibility index (Phi) is 4.11. The van der Waals surface area contributed by atoms with Crippen molar-refractivity contribution in [3.05, 3.63) is 41.6 Å². The van der Waals surface area contributed by atoms with Crippen LogP contribution in [0.2, 0.25) is 0 Å². The summed E-state index contributed by atoms with van der Waals surface area (Å²) in [5, 5.41) is 2.71. The van der Waals surface area contributed by atoms with Crippen molar-refractivity contribution in [1.29, 1.82) is 0 Å². The molecule has 4 nitrogen and oxygen atoms in total. The molecule has 1 saturated heterocycles. The highest BCUT2D eigenvalue weighted by molar-refractivity contribution is 5.60. The van der Waals surface area contributed by atoms with E-state index in [0.717, 1.165) is 37.8 Å². The zero-order chi connectivity index (χ0) is 16.4. The highest BCUT2D eigenvalue weighted by atomic mass is 19.4. The molecule has 0 amide bonds. The van der Waals surface area contributed by atoms with Crippen molar-refractivity contribution in [3.8, 4) is 0 Å². The van der Waals surface area contributed by atoms with Gasteiger partial charge in [0.2, 0.25) is 5.95 Å². The summed E-state index contributed by atoms with van der Waals surface area (Å²) in [5.74, 6) is 0.936. The number of anilines is 3. The number of para-hydroxylation sites is 1. The molecule has 3 rings (SSSR count). The fourth-order valence-electron chi connectivity index (χ4n) is 2.68. The molecule has 0 aliphatic carbocycles. The van der Waals surface area contributed by atoms with Gasteiger partial charge in [0.25, 0.3) is 0 Å². The summed E-state index contributed by atoms with van der Waals surface area (Å²) >= 11 is 0. The van der Waals surface area contributed by atoms with Crippen molar-refractivity contribution in [2.24, 2.45) is 0 Å². The van der Waals surface area contributed by atoms with Crippen molar-refractivity contribution >= 4 is 17.5 Å². The van der Waals surface area contributed by atoms with E-state index in [0.29, 0.717) is 5.69 Å². The molecule has 0 bridgehead atoms. The molecule has 2 aromatic rings. The summed E-state index contributed by atoms with van der Waals surface area (Å²) < 4.78 is 39.2. The molecule has 7 heteroatoms. The molecule has 0 spiro atoms. The van der Waals surface area contributed by atoms with Gasteiger partial charge >= 0.3 is 6.18 Å². The van der Waals surface area contributed by atoms with Gasteiger partial charge in [-0.15, -0.1) is 0 Å². The van der Waals surface area contributed by atoms with Crippen LogP contribution in [0, 0.1) is 6.92 Å². The van der Waals surface area contributed by atoms with Gasteiger partial charge in [-0.2, -0.15) is 18.2 Å². The van der Waals surface area contributed by atoms with Gasteiger partial charge in [-0.1, -0.05) is 12.1 Å². The van der Waals surface area contributed by atoms with Crippen LogP contribution in [0.5, 0.6) is 0 Å². The van der Waals surface area contributed by atoms with Crippen LogP contribution in [-0.2, 0) is 6.18 Å². The molecular weight excluding hydrogens is 305 g/mol. The molecule has 122 valence electrons. The van der Waals surface area contributed by atoms with Gasteiger partial charge in [-0.3, -0.25) is 0 Å². The number of aromatic nitrogens is 2. The topological polar surface area (TPSA) is 41.1 Å². The summed E-state index contributed by atoms with van der Waals surface area (Å²) in [7, 11) is 0. The van der Waals surface area contributed by atoms with Crippen molar-refractivity contribution < 1.29 is 13.2 Å². The van der Waals surface area contributed by atoms with Gasteiger partial charge in [0, 0.05) is 24.8 Å². The fourth-order valence-corrected chi connectivity index (χ4v) is 2.68. The smallest absolute Gasteiger partial charge is 0.356 e. The minimum atomic E-state index is -4.43. The maximum atomic E-state index is 13.1. The van der Waals surface area contributed by atoms with Gasteiger partial charge in [0.15, 0.2) is 0 Å². The van der Waals surface area contributed by atoms with Crippen LogP contribution in [0.3, 0.4) is 0 Å². The Hall–Kier alpha value is -2.31. The Morgan fingerprint density at radius 2 is 1.78 bits per heavy atom. The van der Waals surface area contributed by atoms with Crippen LogP contribution >= 0.6 is 0 Å². The Balaban J connectivity index is 1.92. The van der Waals surface area contributed by atoms with E-state index >= 15 is 0 Å². The third-order valence-corrected chi connectivity index (χ3v) is 3.75. The summed E-state index contributed by atoms with van der Waals surface area (Å²) in [6.07, 6.45) is -2.23. The number of halogens is 3. The molecule has 1 fully saturated rings. The van der Waals surface area contributed by atoms with Crippen LogP contribution in [0.15, 0.2) is 30.3 Å². The SMILES string of the molecule is Cc1cc(N2CCCC2)nc(Nc2ccccc2C(F)(F)F)n1. The number of rotatable bonds is 3. The Labute approximate surface area is 132 Å². The lowest BCUT2D eigenvalue weighted by Crippen LogP contribution is -2.20. The maximum Gasteiger partial charge on any atom is 0.418 e. The number of nitrogens with zero attached hydrogens (tertiary/aromatic N) is 3. The molecule has 0 unspecified atom stereocenters. The first-order chi connectivity index (χ1) is 10.9. The van der Waals surface area contributed by atoms with E-state index in [9.17, 15) is 13.2 Å². The second kappa shape index (κ2) is 6.06. The van der Waals surface area contributed by atoms with Crippen molar-refractivity contribution in [3.63, 3.8) is 0 Å². The predicted molar refractivity (Wildman–Crippen MR) is 82.9 cm³/mol. The van der Waals surface area contributed by atoms with E-state index < -0.39 is 11.7 Å². The van der Waals surface area contributed by atoms with E-state index in [2.05, 4.69) is 20.2 Å². The number of hydrogen-bond donors (Lipinski definition) is 1. The van der Waals surface area contributed by atoms with Crippen molar-refractivity contribution in [2.45, 2.75) is 25.9 Å². The molecule has 1 aromatic carbocycles. The molecule has 1 N–H and O–H groups in total. The molecular formula is C16H17F3N4. The predicted octanol–water partition coefficient (Wildman–Crippen LogP) is 4.15. The van der Waals surface area contributed by atoms with Crippen molar-refractivity contribution in [2.75, 3.05) is 23.3 Å². The monoisotopic (exact) mass is 322 g/mol. The number of benzene rings is 1. The molecule has 1 aliphatic rings. The highest BCUT2D eigenvalue weighted by Crippen LogP contribution is 2.35. The Bertz CT molecular complexity index is 694. The lowest BCUT2D eigenvalue weighted by molar-refractivity contribution is -0.136. The Morgan fingerprint density at radius 3 is 2.48 bits per heavy atom. The highest BCUT2D eigenvalue weighted by Gasteiger charge is 2.33. The molecule has 1 aromatic heterocycles.